The minimum atomic E-state index is -0.288. The average Bonchev–Trinajstić information content (AvgIpc) is 3.24. The second-order valence-corrected chi connectivity index (χ2v) is 7.97. The fraction of sp³-hybridized carbons (Fsp3) is 0.300. The van der Waals surface area contributed by atoms with E-state index in [0.717, 1.165) is 12.8 Å². The van der Waals surface area contributed by atoms with Crippen molar-refractivity contribution in [3.63, 3.8) is 0 Å². The molecular formula is C20H20N10O3. The van der Waals surface area contributed by atoms with Crippen LogP contribution in [-0.2, 0) is 20.1 Å². The number of anilines is 1. The summed E-state index contributed by atoms with van der Waals surface area (Å²) in [5.41, 5.74) is 7.57. The molecule has 1 fully saturated rings. The molecule has 0 bridgehead atoms. The van der Waals surface area contributed by atoms with Gasteiger partial charge < -0.3 is 15.5 Å². The number of aryl methyl sites for hydroxylation is 3. The van der Waals surface area contributed by atoms with Crippen LogP contribution in [0.5, 0.6) is 0 Å². The summed E-state index contributed by atoms with van der Waals surface area (Å²) in [6.45, 7) is 0.542. The normalized spacial score (nSPS) is 13.8. The molecule has 0 spiro atoms. The van der Waals surface area contributed by atoms with E-state index in [4.69, 9.17) is 10.2 Å². The van der Waals surface area contributed by atoms with E-state index in [0.29, 0.717) is 40.6 Å². The number of imidazole rings is 1. The predicted molar refractivity (Wildman–Crippen MR) is 116 cm³/mol. The van der Waals surface area contributed by atoms with E-state index in [1.54, 1.807) is 36.1 Å². The Morgan fingerprint density at radius 3 is 2.85 bits per heavy atom. The minimum Gasteiger partial charge on any atom is -0.461 e. The summed E-state index contributed by atoms with van der Waals surface area (Å²) in [5.74, 6) is 0.736. The van der Waals surface area contributed by atoms with E-state index in [9.17, 15) is 9.59 Å². The number of hydrogen-bond acceptors (Lipinski definition) is 8. The van der Waals surface area contributed by atoms with Crippen LogP contribution in [0.4, 0.5) is 5.95 Å². The smallest absolute Gasteiger partial charge is 0.330 e. The van der Waals surface area contributed by atoms with Gasteiger partial charge in [0.05, 0.1) is 12.8 Å². The van der Waals surface area contributed by atoms with Crippen LogP contribution in [0.25, 0.3) is 28.4 Å². The molecule has 3 N–H and O–H groups in total. The highest BCUT2D eigenvalue weighted by atomic mass is 16.3. The van der Waals surface area contributed by atoms with Crippen LogP contribution in [0.15, 0.2) is 39.9 Å². The number of nitrogens with one attached hydrogen (secondary N) is 1. The third kappa shape index (κ3) is 3.08. The highest BCUT2D eigenvalue weighted by Gasteiger charge is 2.26. The number of rotatable bonds is 6. The SMILES string of the molecule is Cn1c(=O)n(CCn2nccc2C(=O)NC2CC2)c2nc(N)n3nc(-c4ccco4)nc3c21. The summed E-state index contributed by atoms with van der Waals surface area (Å²) in [6.07, 6.45) is 5.09. The molecule has 33 heavy (non-hydrogen) atoms. The van der Waals surface area contributed by atoms with Gasteiger partial charge in [-0.15, -0.1) is 5.10 Å². The molecule has 0 saturated heterocycles. The van der Waals surface area contributed by atoms with Gasteiger partial charge in [-0.3, -0.25) is 18.6 Å². The maximum Gasteiger partial charge on any atom is 0.330 e. The van der Waals surface area contributed by atoms with Crippen LogP contribution in [0.1, 0.15) is 23.3 Å². The van der Waals surface area contributed by atoms with Crippen LogP contribution in [0, 0.1) is 0 Å². The molecule has 13 heteroatoms. The van der Waals surface area contributed by atoms with Gasteiger partial charge in [0.15, 0.2) is 17.1 Å². The van der Waals surface area contributed by atoms with Crippen LogP contribution >= 0.6 is 0 Å². The number of fused-ring (bicyclic) bond motifs is 3. The molecule has 0 aromatic carbocycles. The van der Waals surface area contributed by atoms with Gasteiger partial charge in [0.25, 0.3) is 5.91 Å². The van der Waals surface area contributed by atoms with Crippen molar-refractivity contribution in [2.75, 3.05) is 5.73 Å². The lowest BCUT2D eigenvalue weighted by Crippen LogP contribution is -2.29. The van der Waals surface area contributed by atoms with Gasteiger partial charge in [0, 0.05) is 25.8 Å². The highest BCUT2D eigenvalue weighted by molar-refractivity contribution is 5.93. The van der Waals surface area contributed by atoms with Crippen LogP contribution in [0.3, 0.4) is 0 Å². The lowest BCUT2D eigenvalue weighted by atomic mass is 10.4. The molecule has 5 heterocycles. The first-order valence-electron chi connectivity index (χ1n) is 10.5. The molecule has 1 aliphatic rings. The molecule has 1 aliphatic carbocycles. The Kier molecular flexibility index (Phi) is 4.12. The summed E-state index contributed by atoms with van der Waals surface area (Å²) in [6, 6.07) is 5.38. The van der Waals surface area contributed by atoms with Gasteiger partial charge in [-0.05, 0) is 31.0 Å². The molecule has 0 aliphatic heterocycles. The van der Waals surface area contributed by atoms with Crippen molar-refractivity contribution in [2.24, 2.45) is 7.05 Å². The molecule has 0 unspecified atom stereocenters. The highest BCUT2D eigenvalue weighted by Crippen LogP contribution is 2.23. The van der Waals surface area contributed by atoms with Crippen molar-refractivity contribution in [1.82, 2.24) is 43.8 Å². The van der Waals surface area contributed by atoms with Crippen molar-refractivity contribution in [2.45, 2.75) is 32.0 Å². The Hall–Kier alpha value is -4.42. The Balaban J connectivity index is 1.39. The van der Waals surface area contributed by atoms with E-state index in [2.05, 4.69) is 25.5 Å². The van der Waals surface area contributed by atoms with Crippen molar-refractivity contribution < 1.29 is 9.21 Å². The zero-order valence-electron chi connectivity index (χ0n) is 17.7. The minimum absolute atomic E-state index is 0.0887. The van der Waals surface area contributed by atoms with E-state index >= 15 is 0 Å². The first-order chi connectivity index (χ1) is 16.0. The van der Waals surface area contributed by atoms with Crippen molar-refractivity contribution in [1.29, 1.82) is 0 Å². The Morgan fingerprint density at radius 1 is 1.24 bits per heavy atom. The topological polar surface area (TPSA) is 156 Å². The molecule has 13 nitrogen and oxygen atoms in total. The van der Waals surface area contributed by atoms with E-state index in [1.807, 2.05) is 0 Å². The zero-order valence-corrected chi connectivity index (χ0v) is 17.7. The number of hydrogen-bond donors (Lipinski definition) is 2. The van der Waals surface area contributed by atoms with E-state index in [-0.39, 0.29) is 30.1 Å². The summed E-state index contributed by atoms with van der Waals surface area (Å²) < 4.78 is 11.3. The third-order valence-electron chi connectivity index (χ3n) is 5.72. The first kappa shape index (κ1) is 19.3. The summed E-state index contributed by atoms with van der Waals surface area (Å²) in [7, 11) is 1.64. The molecule has 6 rings (SSSR count). The molecule has 0 atom stereocenters. The summed E-state index contributed by atoms with van der Waals surface area (Å²) in [5, 5.41) is 11.6. The van der Waals surface area contributed by atoms with Crippen LogP contribution in [0.2, 0.25) is 0 Å². The Bertz CT molecular complexity index is 1570. The molecule has 168 valence electrons. The van der Waals surface area contributed by atoms with Crippen molar-refractivity contribution in [3.8, 4) is 11.6 Å². The van der Waals surface area contributed by atoms with Crippen LogP contribution in [-0.4, -0.2) is 50.4 Å². The Labute approximate surface area is 185 Å². The lowest BCUT2D eigenvalue weighted by molar-refractivity contribution is 0.0939. The number of nitrogen functional groups attached to an aromatic ring is 1. The van der Waals surface area contributed by atoms with Gasteiger partial charge in [0.1, 0.15) is 11.2 Å². The maximum atomic E-state index is 13.1. The van der Waals surface area contributed by atoms with Gasteiger partial charge in [-0.1, -0.05) is 0 Å². The van der Waals surface area contributed by atoms with Crippen molar-refractivity contribution >= 4 is 28.7 Å². The molecule has 5 aromatic rings. The van der Waals surface area contributed by atoms with Gasteiger partial charge in [-0.2, -0.15) is 14.6 Å². The number of furan rings is 1. The first-order valence-corrected chi connectivity index (χ1v) is 10.5. The van der Waals surface area contributed by atoms with Gasteiger partial charge in [-0.25, -0.2) is 9.78 Å². The Morgan fingerprint density at radius 2 is 2.09 bits per heavy atom. The molecular weight excluding hydrogens is 428 g/mol. The monoisotopic (exact) mass is 448 g/mol. The zero-order chi connectivity index (χ0) is 22.7. The predicted octanol–water partition coefficient (Wildman–Crippen LogP) is 0.409. The van der Waals surface area contributed by atoms with E-state index in [1.165, 1.54) is 19.9 Å². The third-order valence-corrected chi connectivity index (χ3v) is 5.72. The van der Waals surface area contributed by atoms with E-state index < -0.39 is 0 Å². The number of nitrogens with zero attached hydrogens (tertiary/aromatic N) is 8. The van der Waals surface area contributed by atoms with Crippen LogP contribution < -0.4 is 16.7 Å². The van der Waals surface area contributed by atoms with Gasteiger partial charge >= 0.3 is 5.69 Å². The van der Waals surface area contributed by atoms with Crippen molar-refractivity contribution in [3.05, 3.63) is 46.8 Å². The second kappa shape index (κ2) is 7.05. The number of amides is 1. The quantitative estimate of drug-likeness (QED) is 0.378. The molecule has 1 saturated carbocycles. The maximum absolute atomic E-state index is 13.1. The second-order valence-electron chi connectivity index (χ2n) is 7.97. The largest absolute Gasteiger partial charge is 0.461 e. The number of nitrogens with two attached hydrogens (primary N) is 1. The van der Waals surface area contributed by atoms with Gasteiger partial charge in [0.2, 0.25) is 11.8 Å². The number of carbonyl (C=O) groups excluding carboxylic acids is 1. The summed E-state index contributed by atoms with van der Waals surface area (Å²) >= 11 is 0. The fourth-order valence-electron chi connectivity index (χ4n) is 3.89. The number of carbonyl (C=O) groups is 1. The number of aromatic nitrogens is 8. The standard InChI is InChI=1S/C20H20N10O3/c1-27-14-16(25-19(21)30-17(14)24-15(26-30)13-3-2-10-33-13)28(20(27)32)8-9-29-12(6-7-22-29)18(31)23-11-4-5-11/h2-3,6-7,10-11H,4-5,8-9H2,1H3,(H2,21,25)(H,23,31). The average molecular weight is 448 g/mol. The fourth-order valence-corrected chi connectivity index (χ4v) is 3.89. The lowest BCUT2D eigenvalue weighted by Gasteiger charge is -2.08. The summed E-state index contributed by atoms with van der Waals surface area (Å²) in [4.78, 5) is 34.5. The molecule has 0 radical (unpaired) electrons. The molecule has 1 amide bonds. The molecule has 5 aromatic heterocycles.